The van der Waals surface area contributed by atoms with Crippen LogP contribution in [-0.2, 0) is 6.42 Å². The predicted octanol–water partition coefficient (Wildman–Crippen LogP) is 2.77. The van der Waals surface area contributed by atoms with Crippen LogP contribution in [0.25, 0.3) is 10.8 Å². The summed E-state index contributed by atoms with van der Waals surface area (Å²) in [5.41, 5.74) is 1.35. The highest BCUT2D eigenvalue weighted by Gasteiger charge is 2.13. The molecule has 64 valence electrons. The van der Waals surface area contributed by atoms with Crippen LogP contribution in [0.1, 0.15) is 5.56 Å². The Labute approximate surface area is 77.0 Å². The molecule has 13 heavy (non-hydrogen) atoms. The number of hydrogen-bond donors (Lipinski definition) is 0. The lowest BCUT2D eigenvalue weighted by molar-refractivity contribution is 0.360. The molecule has 3 rings (SSSR count). The molecule has 0 unspecified atom stereocenters. The monoisotopic (exact) mass is 170 g/mol. The lowest BCUT2D eigenvalue weighted by atomic mass is 10.1. The van der Waals surface area contributed by atoms with Gasteiger partial charge in [-0.05, 0) is 10.9 Å². The van der Waals surface area contributed by atoms with Crippen LogP contribution in [0.2, 0.25) is 0 Å². The Kier molecular flexibility index (Phi) is 1.33. The van der Waals surface area contributed by atoms with Crippen LogP contribution in [-0.4, -0.2) is 6.61 Å². The topological polar surface area (TPSA) is 9.23 Å². The van der Waals surface area contributed by atoms with Gasteiger partial charge in [0.15, 0.2) is 0 Å². The molecule has 0 radical (unpaired) electrons. The van der Waals surface area contributed by atoms with E-state index in [4.69, 9.17) is 4.74 Å². The van der Waals surface area contributed by atoms with Crippen molar-refractivity contribution in [3.05, 3.63) is 42.0 Å². The first-order valence-electron chi connectivity index (χ1n) is 4.58. The normalized spacial score (nSPS) is 14.2. The summed E-state index contributed by atoms with van der Waals surface area (Å²) in [7, 11) is 0. The summed E-state index contributed by atoms with van der Waals surface area (Å²) < 4.78 is 5.61. The van der Waals surface area contributed by atoms with E-state index in [1.807, 2.05) is 0 Å². The fraction of sp³-hybridized carbons (Fsp3) is 0.167. The van der Waals surface area contributed by atoms with Crippen molar-refractivity contribution >= 4 is 10.8 Å². The van der Waals surface area contributed by atoms with Crippen molar-refractivity contribution in [3.63, 3.8) is 0 Å². The molecule has 1 aliphatic rings. The van der Waals surface area contributed by atoms with Crippen LogP contribution in [0, 0.1) is 0 Å². The van der Waals surface area contributed by atoms with Crippen LogP contribution < -0.4 is 4.74 Å². The molecule has 1 heterocycles. The van der Waals surface area contributed by atoms with Crippen molar-refractivity contribution in [2.45, 2.75) is 6.42 Å². The third kappa shape index (κ3) is 0.934. The van der Waals surface area contributed by atoms with Crippen molar-refractivity contribution < 1.29 is 4.74 Å². The van der Waals surface area contributed by atoms with Gasteiger partial charge in [0.25, 0.3) is 0 Å². The van der Waals surface area contributed by atoms with Crippen molar-refractivity contribution in [2.24, 2.45) is 0 Å². The molecule has 0 bridgehead atoms. The van der Waals surface area contributed by atoms with E-state index in [9.17, 15) is 0 Å². The van der Waals surface area contributed by atoms with Gasteiger partial charge in [-0.3, -0.25) is 0 Å². The number of hydrogen-bond acceptors (Lipinski definition) is 1. The van der Waals surface area contributed by atoms with Gasteiger partial charge in [-0.15, -0.1) is 0 Å². The van der Waals surface area contributed by atoms with E-state index in [1.54, 1.807) is 0 Å². The van der Waals surface area contributed by atoms with Gasteiger partial charge >= 0.3 is 0 Å². The van der Waals surface area contributed by atoms with Crippen molar-refractivity contribution in [1.29, 1.82) is 0 Å². The van der Waals surface area contributed by atoms with Gasteiger partial charge in [-0.1, -0.05) is 36.4 Å². The summed E-state index contributed by atoms with van der Waals surface area (Å²) in [6.07, 6.45) is 1.06. The summed E-state index contributed by atoms with van der Waals surface area (Å²) >= 11 is 0. The lowest BCUT2D eigenvalue weighted by Gasteiger charge is -2.03. The first-order chi connectivity index (χ1) is 6.45. The van der Waals surface area contributed by atoms with Crippen molar-refractivity contribution in [2.75, 3.05) is 6.61 Å². The Morgan fingerprint density at radius 1 is 1.00 bits per heavy atom. The minimum Gasteiger partial charge on any atom is -0.492 e. The molecule has 1 aliphatic heterocycles. The molecule has 0 fully saturated rings. The third-order valence-corrected chi connectivity index (χ3v) is 2.58. The maximum Gasteiger partial charge on any atom is 0.130 e. The Morgan fingerprint density at radius 3 is 2.92 bits per heavy atom. The molecule has 0 saturated carbocycles. The van der Waals surface area contributed by atoms with E-state index in [0.29, 0.717) is 0 Å². The minimum absolute atomic E-state index is 0.837. The first-order valence-corrected chi connectivity index (χ1v) is 4.58. The van der Waals surface area contributed by atoms with E-state index in [1.165, 1.54) is 16.3 Å². The number of fused-ring (bicyclic) bond motifs is 3. The molecule has 1 nitrogen and oxygen atoms in total. The van der Waals surface area contributed by atoms with Crippen LogP contribution in [0.3, 0.4) is 0 Å². The highest BCUT2D eigenvalue weighted by molar-refractivity contribution is 5.89. The second-order valence-corrected chi connectivity index (χ2v) is 3.37. The first kappa shape index (κ1) is 6.96. The zero-order valence-electron chi connectivity index (χ0n) is 7.29. The Bertz CT molecular complexity index is 460. The molecule has 0 saturated heterocycles. The smallest absolute Gasteiger partial charge is 0.130 e. The lowest BCUT2D eigenvalue weighted by Crippen LogP contribution is -1.86. The SMILES string of the molecule is c1ccc2c3c(ccc2c1)CCO3. The predicted molar refractivity (Wildman–Crippen MR) is 53.1 cm³/mol. The molecule has 1 heteroatoms. The Hall–Kier alpha value is -1.50. The average molecular weight is 170 g/mol. The number of rotatable bonds is 0. The molecule has 0 spiro atoms. The van der Waals surface area contributed by atoms with Crippen LogP contribution in [0.15, 0.2) is 36.4 Å². The number of ether oxygens (including phenoxy) is 1. The molecule has 2 aromatic carbocycles. The van der Waals surface area contributed by atoms with Gasteiger partial charge in [0.1, 0.15) is 5.75 Å². The van der Waals surface area contributed by atoms with E-state index in [-0.39, 0.29) is 0 Å². The third-order valence-electron chi connectivity index (χ3n) is 2.58. The summed E-state index contributed by atoms with van der Waals surface area (Å²) in [6, 6.07) is 12.7. The van der Waals surface area contributed by atoms with E-state index in [0.717, 1.165) is 18.8 Å². The zero-order valence-corrected chi connectivity index (χ0v) is 7.29. The molecular formula is C12H10O. The standard InChI is InChI=1S/C12H10O/c1-2-4-11-9(3-1)5-6-10-7-8-13-12(10)11/h1-6H,7-8H2. The molecule has 2 aromatic rings. The average Bonchev–Trinajstić information content (AvgIpc) is 2.65. The quantitative estimate of drug-likeness (QED) is 0.590. The van der Waals surface area contributed by atoms with Gasteiger partial charge in [0.2, 0.25) is 0 Å². The highest BCUT2D eigenvalue weighted by Crippen LogP contribution is 2.33. The fourth-order valence-corrected chi connectivity index (χ4v) is 1.92. The van der Waals surface area contributed by atoms with Gasteiger partial charge in [-0.2, -0.15) is 0 Å². The van der Waals surface area contributed by atoms with Gasteiger partial charge < -0.3 is 4.74 Å². The zero-order chi connectivity index (χ0) is 8.67. The van der Waals surface area contributed by atoms with Gasteiger partial charge in [0, 0.05) is 11.8 Å². The maximum absolute atomic E-state index is 5.61. The minimum atomic E-state index is 0.837. The summed E-state index contributed by atoms with van der Waals surface area (Å²) in [5, 5.41) is 2.51. The van der Waals surface area contributed by atoms with E-state index >= 15 is 0 Å². The van der Waals surface area contributed by atoms with E-state index in [2.05, 4.69) is 36.4 Å². The highest BCUT2D eigenvalue weighted by atomic mass is 16.5. The largest absolute Gasteiger partial charge is 0.492 e. The van der Waals surface area contributed by atoms with Crippen LogP contribution in [0.5, 0.6) is 5.75 Å². The maximum atomic E-state index is 5.61. The molecule has 0 aromatic heterocycles. The van der Waals surface area contributed by atoms with Gasteiger partial charge in [0.05, 0.1) is 6.61 Å². The second kappa shape index (κ2) is 2.49. The fourth-order valence-electron chi connectivity index (χ4n) is 1.92. The van der Waals surface area contributed by atoms with E-state index < -0.39 is 0 Å². The second-order valence-electron chi connectivity index (χ2n) is 3.37. The molecule has 0 N–H and O–H groups in total. The molecule has 0 aliphatic carbocycles. The van der Waals surface area contributed by atoms with Crippen LogP contribution in [0.4, 0.5) is 0 Å². The number of benzene rings is 2. The van der Waals surface area contributed by atoms with Crippen molar-refractivity contribution in [1.82, 2.24) is 0 Å². The van der Waals surface area contributed by atoms with Crippen molar-refractivity contribution in [3.8, 4) is 5.75 Å². The summed E-state index contributed by atoms with van der Waals surface area (Å²) in [6.45, 7) is 0.837. The van der Waals surface area contributed by atoms with Gasteiger partial charge in [-0.25, -0.2) is 0 Å². The Morgan fingerprint density at radius 2 is 1.92 bits per heavy atom. The Balaban J connectivity index is 2.43. The molecular weight excluding hydrogens is 160 g/mol. The summed E-state index contributed by atoms with van der Waals surface area (Å²) in [5.74, 6) is 1.10. The molecule has 0 amide bonds. The van der Waals surface area contributed by atoms with Crippen LogP contribution >= 0.6 is 0 Å². The molecule has 0 atom stereocenters. The summed E-state index contributed by atoms with van der Waals surface area (Å²) in [4.78, 5) is 0.